The van der Waals surface area contributed by atoms with Gasteiger partial charge < -0.3 is 15.4 Å². The Hall–Kier alpha value is -3.53. The summed E-state index contributed by atoms with van der Waals surface area (Å²) in [6.45, 7) is 1.99. The number of carbonyl (C=O) groups excluding carboxylic acids is 1. The minimum Gasteiger partial charge on any atom is -0.497 e. The molecule has 5 rings (SSSR count). The zero-order valence-corrected chi connectivity index (χ0v) is 17.8. The second-order valence-corrected chi connectivity index (χ2v) is 8.37. The Morgan fingerprint density at radius 2 is 1.90 bits per heavy atom. The van der Waals surface area contributed by atoms with Crippen molar-refractivity contribution in [1.29, 1.82) is 0 Å². The zero-order chi connectivity index (χ0) is 21.4. The van der Waals surface area contributed by atoms with Crippen molar-refractivity contribution >= 4 is 17.3 Å². The first-order valence-electron chi connectivity index (χ1n) is 10.7. The van der Waals surface area contributed by atoms with E-state index in [1.54, 1.807) is 7.11 Å². The van der Waals surface area contributed by atoms with E-state index in [9.17, 15) is 4.79 Å². The maximum atomic E-state index is 12.7. The smallest absolute Gasteiger partial charge is 0.255 e. The van der Waals surface area contributed by atoms with Gasteiger partial charge in [-0.3, -0.25) is 4.79 Å². The predicted molar refractivity (Wildman–Crippen MR) is 125 cm³/mol. The second kappa shape index (κ2) is 7.95. The Bertz CT molecular complexity index is 1150. The molecule has 4 heteroatoms. The summed E-state index contributed by atoms with van der Waals surface area (Å²) in [6, 6.07) is 22.4. The molecule has 0 aromatic heterocycles. The van der Waals surface area contributed by atoms with Gasteiger partial charge in [0.2, 0.25) is 0 Å². The average molecular weight is 411 g/mol. The minimum atomic E-state index is -0.0814. The molecule has 0 saturated heterocycles. The van der Waals surface area contributed by atoms with E-state index in [2.05, 4.69) is 47.1 Å². The van der Waals surface area contributed by atoms with E-state index in [0.29, 0.717) is 17.4 Å². The molecule has 0 bridgehead atoms. The third kappa shape index (κ3) is 3.70. The van der Waals surface area contributed by atoms with E-state index >= 15 is 0 Å². The Kier molecular flexibility index (Phi) is 4.99. The van der Waals surface area contributed by atoms with E-state index < -0.39 is 0 Å². The Labute approximate surface area is 183 Å². The number of ether oxygens (including phenoxy) is 1. The molecule has 31 heavy (non-hydrogen) atoms. The average Bonchev–Trinajstić information content (AvgIpc) is 3.29. The Morgan fingerprint density at radius 1 is 1.06 bits per heavy atom. The van der Waals surface area contributed by atoms with Gasteiger partial charge in [0.25, 0.3) is 5.91 Å². The second-order valence-electron chi connectivity index (χ2n) is 8.37. The number of anilines is 2. The van der Waals surface area contributed by atoms with Crippen LogP contribution in [0.1, 0.15) is 45.4 Å². The van der Waals surface area contributed by atoms with Crippen LogP contribution in [0.2, 0.25) is 0 Å². The summed E-state index contributed by atoms with van der Waals surface area (Å²) in [5.74, 6) is 1.57. The number of benzene rings is 3. The van der Waals surface area contributed by atoms with E-state index in [4.69, 9.17) is 4.74 Å². The minimum absolute atomic E-state index is 0.0814. The monoisotopic (exact) mass is 410 g/mol. The fraction of sp³-hybridized carbons (Fsp3) is 0.222. The first-order valence-corrected chi connectivity index (χ1v) is 10.7. The molecule has 156 valence electrons. The molecule has 0 saturated carbocycles. The van der Waals surface area contributed by atoms with Crippen molar-refractivity contribution in [3.8, 4) is 5.75 Å². The van der Waals surface area contributed by atoms with Crippen LogP contribution in [0, 0.1) is 12.8 Å². The highest BCUT2D eigenvalue weighted by Gasteiger charge is 2.38. The van der Waals surface area contributed by atoms with E-state index in [1.807, 2.05) is 49.4 Å². The predicted octanol–water partition coefficient (Wildman–Crippen LogP) is 6.08. The van der Waals surface area contributed by atoms with Gasteiger partial charge in [0.05, 0.1) is 13.2 Å². The largest absolute Gasteiger partial charge is 0.497 e. The lowest BCUT2D eigenvalue weighted by Crippen LogP contribution is -2.29. The Balaban J connectivity index is 1.42. The van der Waals surface area contributed by atoms with Crippen LogP contribution in [0.4, 0.5) is 11.4 Å². The Morgan fingerprint density at radius 3 is 2.68 bits per heavy atom. The van der Waals surface area contributed by atoms with Crippen molar-refractivity contribution in [2.75, 3.05) is 17.7 Å². The normalized spacial score (nSPS) is 21.0. The SMILES string of the molecule is COc1ccc(C2Nc3ccc(NC(=O)c4cccc(C)c4)cc3C3C=CCC32)cc1. The number of hydrogen-bond acceptors (Lipinski definition) is 3. The first kappa shape index (κ1) is 19.4. The van der Waals surface area contributed by atoms with Crippen LogP contribution in [0.3, 0.4) is 0 Å². The van der Waals surface area contributed by atoms with Crippen molar-refractivity contribution in [3.05, 3.63) is 101 Å². The van der Waals surface area contributed by atoms with Gasteiger partial charge in [-0.1, -0.05) is 42.0 Å². The van der Waals surface area contributed by atoms with Gasteiger partial charge in [-0.15, -0.1) is 0 Å². The number of hydrogen-bond donors (Lipinski definition) is 2. The molecule has 1 amide bonds. The van der Waals surface area contributed by atoms with E-state index in [1.165, 1.54) is 11.1 Å². The van der Waals surface area contributed by atoms with Gasteiger partial charge in [-0.2, -0.15) is 0 Å². The van der Waals surface area contributed by atoms with Crippen LogP contribution < -0.4 is 15.4 Å². The van der Waals surface area contributed by atoms with Gasteiger partial charge in [-0.25, -0.2) is 0 Å². The lowest BCUT2D eigenvalue weighted by molar-refractivity contribution is 0.102. The number of amides is 1. The molecule has 3 aromatic rings. The quantitative estimate of drug-likeness (QED) is 0.512. The van der Waals surface area contributed by atoms with Crippen molar-refractivity contribution in [2.24, 2.45) is 5.92 Å². The number of carbonyl (C=O) groups is 1. The summed E-state index contributed by atoms with van der Waals surface area (Å²) in [6.07, 6.45) is 5.63. The number of methoxy groups -OCH3 is 1. The molecule has 3 atom stereocenters. The van der Waals surface area contributed by atoms with Crippen LogP contribution in [0.25, 0.3) is 0 Å². The van der Waals surface area contributed by atoms with E-state index in [0.717, 1.165) is 29.1 Å². The zero-order valence-electron chi connectivity index (χ0n) is 17.8. The van der Waals surface area contributed by atoms with Crippen LogP contribution in [-0.2, 0) is 0 Å². The molecule has 1 heterocycles. The molecule has 4 nitrogen and oxygen atoms in total. The molecular formula is C27H26N2O2. The van der Waals surface area contributed by atoms with Crippen molar-refractivity contribution < 1.29 is 9.53 Å². The highest BCUT2D eigenvalue weighted by atomic mass is 16.5. The summed E-state index contributed by atoms with van der Waals surface area (Å²) < 4.78 is 5.32. The fourth-order valence-corrected chi connectivity index (χ4v) is 4.80. The summed E-state index contributed by atoms with van der Waals surface area (Å²) in [4.78, 5) is 12.7. The first-order chi connectivity index (χ1) is 15.1. The van der Waals surface area contributed by atoms with Gasteiger partial charge in [0, 0.05) is 22.9 Å². The molecule has 2 aliphatic rings. The van der Waals surface area contributed by atoms with Gasteiger partial charge in [0.1, 0.15) is 5.75 Å². The molecule has 0 spiro atoms. The number of allylic oxidation sites excluding steroid dienone is 2. The molecule has 2 N–H and O–H groups in total. The fourth-order valence-electron chi connectivity index (χ4n) is 4.80. The summed E-state index contributed by atoms with van der Waals surface area (Å²) in [5, 5.41) is 6.81. The van der Waals surface area contributed by atoms with Crippen molar-refractivity contribution in [3.63, 3.8) is 0 Å². The van der Waals surface area contributed by atoms with Gasteiger partial charge >= 0.3 is 0 Å². The number of fused-ring (bicyclic) bond motifs is 3. The number of aryl methyl sites for hydroxylation is 1. The molecule has 0 radical (unpaired) electrons. The van der Waals surface area contributed by atoms with Crippen LogP contribution >= 0.6 is 0 Å². The third-order valence-corrected chi connectivity index (χ3v) is 6.38. The highest BCUT2D eigenvalue weighted by molar-refractivity contribution is 6.04. The van der Waals surface area contributed by atoms with Crippen molar-refractivity contribution in [2.45, 2.75) is 25.3 Å². The lowest BCUT2D eigenvalue weighted by atomic mass is 9.77. The maximum absolute atomic E-state index is 12.7. The third-order valence-electron chi connectivity index (χ3n) is 6.38. The maximum Gasteiger partial charge on any atom is 0.255 e. The van der Waals surface area contributed by atoms with Crippen LogP contribution in [0.5, 0.6) is 5.75 Å². The lowest BCUT2D eigenvalue weighted by Gasteiger charge is -2.37. The van der Waals surface area contributed by atoms with Gasteiger partial charge in [0.15, 0.2) is 0 Å². The topological polar surface area (TPSA) is 50.4 Å². The van der Waals surface area contributed by atoms with Crippen LogP contribution in [0.15, 0.2) is 78.9 Å². The number of nitrogens with one attached hydrogen (secondary N) is 2. The standard InChI is InChI=1S/C27H26N2O2/c1-17-5-3-6-19(15-17)27(30)28-20-11-14-25-24(16-20)22-7-4-8-23(22)26(29-25)18-9-12-21(31-2)13-10-18/h3-7,9-16,22-23,26,29H,8H2,1-2H3,(H,28,30). The molecular weight excluding hydrogens is 384 g/mol. The molecule has 1 aliphatic carbocycles. The highest BCUT2D eigenvalue weighted by Crippen LogP contribution is 2.50. The van der Waals surface area contributed by atoms with E-state index in [-0.39, 0.29) is 11.9 Å². The molecule has 3 unspecified atom stereocenters. The van der Waals surface area contributed by atoms with Crippen LogP contribution in [-0.4, -0.2) is 13.0 Å². The summed E-state index contributed by atoms with van der Waals surface area (Å²) in [7, 11) is 1.69. The van der Waals surface area contributed by atoms with Crippen molar-refractivity contribution in [1.82, 2.24) is 0 Å². The summed E-state index contributed by atoms with van der Waals surface area (Å²) in [5.41, 5.74) is 6.21. The molecule has 0 fully saturated rings. The molecule has 1 aliphatic heterocycles. The summed E-state index contributed by atoms with van der Waals surface area (Å²) >= 11 is 0. The molecule has 3 aromatic carbocycles. The number of rotatable bonds is 4. The van der Waals surface area contributed by atoms with Gasteiger partial charge in [-0.05, 0) is 72.9 Å².